The normalized spacial score (nSPS) is 19.1. The highest BCUT2D eigenvalue weighted by Gasteiger charge is 2.29. The molecule has 1 saturated heterocycles. The maximum Gasteiger partial charge on any atom is 0.325 e. The molecule has 0 radical (unpaired) electrons. The van der Waals surface area contributed by atoms with Crippen LogP contribution in [0.25, 0.3) is 0 Å². The molecule has 0 aliphatic carbocycles. The zero-order chi connectivity index (χ0) is 12.3. The van der Waals surface area contributed by atoms with Gasteiger partial charge in [0.05, 0.1) is 6.20 Å². The number of carboxylic acids is 1. The third-order valence-corrected chi connectivity index (χ3v) is 3.28. The Hall–Kier alpha value is -1.36. The van der Waals surface area contributed by atoms with Crippen molar-refractivity contribution in [2.24, 2.45) is 0 Å². The Morgan fingerprint density at radius 1 is 1.47 bits per heavy atom. The van der Waals surface area contributed by atoms with Crippen LogP contribution in [-0.4, -0.2) is 38.8 Å². The topological polar surface area (TPSA) is 58.4 Å². The molecular formula is C12H19N3O2. The Morgan fingerprint density at radius 2 is 2.18 bits per heavy atom. The van der Waals surface area contributed by atoms with Gasteiger partial charge in [-0.05, 0) is 32.9 Å². The molecule has 0 spiro atoms. The number of piperidine rings is 1. The first-order valence-corrected chi connectivity index (χ1v) is 6.21. The number of hydrogen-bond donors (Lipinski definition) is 1. The van der Waals surface area contributed by atoms with Crippen molar-refractivity contribution in [1.82, 2.24) is 14.7 Å². The number of nitrogens with zero attached hydrogens (tertiary/aromatic N) is 3. The van der Waals surface area contributed by atoms with Gasteiger partial charge in [0.2, 0.25) is 0 Å². The average molecular weight is 237 g/mol. The summed E-state index contributed by atoms with van der Waals surface area (Å²) in [6.45, 7) is 4.50. The van der Waals surface area contributed by atoms with Gasteiger partial charge in [-0.1, -0.05) is 6.42 Å². The summed E-state index contributed by atoms with van der Waals surface area (Å²) in [5.41, 5.74) is 0.793. The lowest BCUT2D eigenvalue weighted by Crippen LogP contribution is -2.37. The number of hydrogen-bond acceptors (Lipinski definition) is 3. The van der Waals surface area contributed by atoms with Gasteiger partial charge >= 0.3 is 5.97 Å². The van der Waals surface area contributed by atoms with Gasteiger partial charge in [0.1, 0.15) is 6.04 Å². The molecular weight excluding hydrogens is 218 g/mol. The predicted octanol–water partition coefficient (Wildman–Crippen LogP) is 1.51. The van der Waals surface area contributed by atoms with E-state index in [9.17, 15) is 9.90 Å². The highest BCUT2D eigenvalue weighted by Crippen LogP contribution is 2.24. The third kappa shape index (κ3) is 2.66. The summed E-state index contributed by atoms with van der Waals surface area (Å²) < 4.78 is 1.77. The van der Waals surface area contributed by atoms with Crippen LogP contribution in [0.15, 0.2) is 12.4 Å². The minimum Gasteiger partial charge on any atom is -0.480 e. The van der Waals surface area contributed by atoms with Crippen molar-refractivity contribution in [2.45, 2.75) is 38.8 Å². The first kappa shape index (κ1) is 12.1. The van der Waals surface area contributed by atoms with Gasteiger partial charge in [-0.2, -0.15) is 5.10 Å². The van der Waals surface area contributed by atoms with Crippen molar-refractivity contribution in [2.75, 3.05) is 13.1 Å². The Labute approximate surface area is 101 Å². The molecule has 94 valence electrons. The molecule has 0 amide bonds. The fourth-order valence-electron chi connectivity index (χ4n) is 2.38. The molecule has 0 saturated carbocycles. The number of likely N-dealkylation sites (tertiary alicyclic amines) is 1. The largest absolute Gasteiger partial charge is 0.480 e. The van der Waals surface area contributed by atoms with Crippen LogP contribution < -0.4 is 0 Å². The summed E-state index contributed by atoms with van der Waals surface area (Å²) in [5, 5.41) is 13.5. The van der Waals surface area contributed by atoms with Crippen molar-refractivity contribution in [1.29, 1.82) is 0 Å². The second-order valence-corrected chi connectivity index (χ2v) is 4.47. The van der Waals surface area contributed by atoms with Gasteiger partial charge in [0.25, 0.3) is 0 Å². The van der Waals surface area contributed by atoms with Gasteiger partial charge < -0.3 is 5.11 Å². The van der Waals surface area contributed by atoms with Gasteiger partial charge in [-0.25, -0.2) is 0 Å². The van der Waals surface area contributed by atoms with Gasteiger partial charge in [-0.15, -0.1) is 0 Å². The van der Waals surface area contributed by atoms with Crippen LogP contribution in [0.1, 0.15) is 37.8 Å². The van der Waals surface area contributed by atoms with Crippen molar-refractivity contribution in [3.63, 3.8) is 0 Å². The molecule has 0 aromatic carbocycles. The minimum absolute atomic E-state index is 0.532. The fraction of sp³-hybridized carbons (Fsp3) is 0.667. The van der Waals surface area contributed by atoms with E-state index in [0.717, 1.165) is 38.0 Å². The highest BCUT2D eigenvalue weighted by atomic mass is 16.4. The Bertz CT molecular complexity index is 383. The molecule has 1 fully saturated rings. The molecule has 5 heteroatoms. The summed E-state index contributed by atoms with van der Waals surface area (Å²) in [4.78, 5) is 13.5. The summed E-state index contributed by atoms with van der Waals surface area (Å²) in [5.74, 6) is -0.775. The van der Waals surface area contributed by atoms with E-state index < -0.39 is 12.0 Å². The molecule has 17 heavy (non-hydrogen) atoms. The SMILES string of the molecule is CCn1cc(C(C(=O)O)N2CCCCC2)cn1. The second kappa shape index (κ2) is 5.31. The molecule has 0 bridgehead atoms. The molecule has 5 nitrogen and oxygen atoms in total. The number of rotatable bonds is 4. The van der Waals surface area contributed by atoms with E-state index >= 15 is 0 Å². The maximum atomic E-state index is 11.4. The van der Waals surface area contributed by atoms with Crippen LogP contribution >= 0.6 is 0 Å². The van der Waals surface area contributed by atoms with Crippen LogP contribution in [0.3, 0.4) is 0 Å². The quantitative estimate of drug-likeness (QED) is 0.862. The van der Waals surface area contributed by atoms with E-state index in [1.165, 1.54) is 6.42 Å². The van der Waals surface area contributed by atoms with E-state index in [-0.39, 0.29) is 0 Å². The standard InChI is InChI=1S/C12H19N3O2/c1-2-15-9-10(8-13-15)11(12(16)17)14-6-4-3-5-7-14/h8-9,11H,2-7H2,1H3,(H,16,17). The first-order chi connectivity index (χ1) is 8.22. The van der Waals surface area contributed by atoms with E-state index in [0.29, 0.717) is 0 Å². The Balaban J connectivity index is 2.18. The van der Waals surface area contributed by atoms with Crippen LogP contribution in [0.4, 0.5) is 0 Å². The predicted molar refractivity (Wildman–Crippen MR) is 63.7 cm³/mol. The lowest BCUT2D eigenvalue weighted by molar-refractivity contribution is -0.144. The van der Waals surface area contributed by atoms with Crippen molar-refractivity contribution >= 4 is 5.97 Å². The van der Waals surface area contributed by atoms with Crippen LogP contribution in [-0.2, 0) is 11.3 Å². The smallest absolute Gasteiger partial charge is 0.325 e. The van der Waals surface area contributed by atoms with Crippen LogP contribution in [0.2, 0.25) is 0 Å². The molecule has 2 heterocycles. The first-order valence-electron chi connectivity index (χ1n) is 6.21. The lowest BCUT2D eigenvalue weighted by Gasteiger charge is -2.31. The summed E-state index contributed by atoms with van der Waals surface area (Å²) in [7, 11) is 0. The fourth-order valence-corrected chi connectivity index (χ4v) is 2.38. The van der Waals surface area contributed by atoms with Crippen LogP contribution in [0.5, 0.6) is 0 Å². The Kier molecular flexibility index (Phi) is 3.78. The highest BCUT2D eigenvalue weighted by molar-refractivity contribution is 5.75. The molecule has 1 unspecified atom stereocenters. The second-order valence-electron chi connectivity index (χ2n) is 4.47. The summed E-state index contributed by atoms with van der Waals surface area (Å²) >= 11 is 0. The van der Waals surface area contributed by atoms with Crippen molar-refractivity contribution < 1.29 is 9.90 Å². The lowest BCUT2D eigenvalue weighted by atomic mass is 10.0. The molecule has 1 aliphatic heterocycles. The van der Waals surface area contributed by atoms with E-state index in [1.807, 2.05) is 18.0 Å². The zero-order valence-corrected chi connectivity index (χ0v) is 10.2. The van der Waals surface area contributed by atoms with Gasteiger partial charge in [0, 0.05) is 18.3 Å². The number of carbonyl (C=O) groups is 1. The summed E-state index contributed by atoms with van der Waals surface area (Å²) in [6, 6.07) is -0.532. The van der Waals surface area contributed by atoms with Gasteiger partial charge in [-0.3, -0.25) is 14.4 Å². The third-order valence-electron chi connectivity index (χ3n) is 3.28. The molecule has 2 rings (SSSR count). The average Bonchev–Trinajstić information content (AvgIpc) is 2.79. The van der Waals surface area contributed by atoms with Crippen molar-refractivity contribution in [3.05, 3.63) is 18.0 Å². The zero-order valence-electron chi connectivity index (χ0n) is 10.2. The number of carboxylic acid groups (broad SMARTS) is 1. The molecule has 1 aromatic rings. The van der Waals surface area contributed by atoms with Crippen LogP contribution in [0, 0.1) is 0 Å². The van der Waals surface area contributed by atoms with Crippen molar-refractivity contribution in [3.8, 4) is 0 Å². The van der Waals surface area contributed by atoms with E-state index in [2.05, 4.69) is 5.10 Å². The maximum absolute atomic E-state index is 11.4. The Morgan fingerprint density at radius 3 is 2.71 bits per heavy atom. The molecule has 1 aromatic heterocycles. The minimum atomic E-state index is -0.775. The molecule has 1 N–H and O–H groups in total. The number of aliphatic carboxylic acids is 1. The summed E-state index contributed by atoms with van der Waals surface area (Å²) in [6.07, 6.45) is 6.90. The van der Waals surface area contributed by atoms with Gasteiger partial charge in [0.15, 0.2) is 0 Å². The van der Waals surface area contributed by atoms with E-state index in [1.54, 1.807) is 10.9 Å². The number of aromatic nitrogens is 2. The number of aryl methyl sites for hydroxylation is 1. The monoisotopic (exact) mass is 237 g/mol. The molecule has 1 aliphatic rings. The molecule has 1 atom stereocenters. The van der Waals surface area contributed by atoms with E-state index in [4.69, 9.17) is 0 Å².